The van der Waals surface area contributed by atoms with Crippen LogP contribution in [-0.2, 0) is 4.74 Å². The molecular formula is C16H23N3O3Se2. The van der Waals surface area contributed by atoms with Gasteiger partial charge >= 0.3 is 154 Å². The van der Waals surface area contributed by atoms with Gasteiger partial charge < -0.3 is 0 Å². The van der Waals surface area contributed by atoms with Crippen molar-refractivity contribution < 1.29 is 14.3 Å². The van der Waals surface area contributed by atoms with E-state index in [0.29, 0.717) is 13.1 Å². The summed E-state index contributed by atoms with van der Waals surface area (Å²) in [7, 11) is 0. The molecule has 0 unspecified atom stereocenters. The van der Waals surface area contributed by atoms with Gasteiger partial charge in [-0.25, -0.2) is 0 Å². The molecule has 1 heterocycles. The van der Waals surface area contributed by atoms with Crippen LogP contribution in [0.5, 0.6) is 0 Å². The fourth-order valence-electron chi connectivity index (χ4n) is 3.76. The SMILES string of the molecule is N#CCOC(=O)N(C(=O)N1[Se][Se]C12CCCCC2)C1CCCCC1. The summed E-state index contributed by atoms with van der Waals surface area (Å²) >= 11 is 0.717. The van der Waals surface area contributed by atoms with Crippen molar-refractivity contribution in [3.8, 4) is 6.07 Å². The van der Waals surface area contributed by atoms with Gasteiger partial charge in [-0.05, 0) is 0 Å². The summed E-state index contributed by atoms with van der Waals surface area (Å²) < 4.78 is 7.07. The Morgan fingerprint density at radius 3 is 2.42 bits per heavy atom. The first kappa shape index (κ1) is 18.1. The molecule has 1 spiro atoms. The Hall–Kier alpha value is -0.731. The Balaban J connectivity index is 1.75. The summed E-state index contributed by atoms with van der Waals surface area (Å²) in [5, 5.41) is 8.68. The molecule has 8 heteroatoms. The number of imide groups is 1. The first-order valence-electron chi connectivity index (χ1n) is 8.71. The van der Waals surface area contributed by atoms with Crippen LogP contribution < -0.4 is 0 Å². The second-order valence-electron chi connectivity index (χ2n) is 6.62. The van der Waals surface area contributed by atoms with Crippen molar-refractivity contribution in [1.82, 2.24) is 8.82 Å². The number of carbonyl (C=O) groups is 2. The zero-order valence-corrected chi connectivity index (χ0v) is 17.2. The van der Waals surface area contributed by atoms with Crippen LogP contribution in [0.1, 0.15) is 64.2 Å². The first-order chi connectivity index (χ1) is 11.7. The number of nitrogens with zero attached hydrogens (tertiary/aromatic N) is 3. The molecule has 3 amide bonds. The van der Waals surface area contributed by atoms with Crippen LogP contribution in [0.4, 0.5) is 9.59 Å². The summed E-state index contributed by atoms with van der Waals surface area (Å²) in [5.74, 6) is 0. The molecule has 24 heavy (non-hydrogen) atoms. The third-order valence-corrected chi connectivity index (χ3v) is 14.9. The van der Waals surface area contributed by atoms with Crippen molar-refractivity contribution in [3.63, 3.8) is 0 Å². The molecule has 0 aromatic carbocycles. The average Bonchev–Trinajstić information content (AvgIpc) is 2.61. The fraction of sp³-hybridized carbons (Fsp3) is 0.812. The van der Waals surface area contributed by atoms with Crippen molar-refractivity contribution in [2.24, 2.45) is 0 Å². The summed E-state index contributed by atoms with van der Waals surface area (Å²) in [6.45, 7) is -0.296. The summed E-state index contributed by atoms with van der Waals surface area (Å²) in [6.07, 6.45) is 10.1. The van der Waals surface area contributed by atoms with Gasteiger partial charge in [0.2, 0.25) is 0 Å². The van der Waals surface area contributed by atoms with Gasteiger partial charge in [-0.3, -0.25) is 0 Å². The Morgan fingerprint density at radius 2 is 1.83 bits per heavy atom. The molecule has 0 aromatic rings. The van der Waals surface area contributed by atoms with E-state index in [9.17, 15) is 9.59 Å². The van der Waals surface area contributed by atoms with Crippen molar-refractivity contribution >= 4 is 38.6 Å². The summed E-state index contributed by atoms with van der Waals surface area (Å²) in [4.78, 5) is 27.0. The average molecular weight is 463 g/mol. The Morgan fingerprint density at radius 1 is 1.17 bits per heavy atom. The number of amides is 3. The van der Waals surface area contributed by atoms with E-state index in [0.717, 1.165) is 44.9 Å². The monoisotopic (exact) mass is 465 g/mol. The fourth-order valence-corrected chi connectivity index (χ4v) is 12.8. The number of carbonyl (C=O) groups excluding carboxylic acids is 2. The molecule has 0 radical (unpaired) electrons. The van der Waals surface area contributed by atoms with Crippen molar-refractivity contribution in [1.29, 1.82) is 5.26 Å². The predicted molar refractivity (Wildman–Crippen MR) is 90.2 cm³/mol. The van der Waals surface area contributed by atoms with E-state index < -0.39 is 6.09 Å². The number of rotatable bonds is 2. The number of hydrogen-bond donors (Lipinski definition) is 0. The summed E-state index contributed by atoms with van der Waals surface area (Å²) in [5.41, 5.74) is 0. The minimum atomic E-state index is -0.630. The van der Waals surface area contributed by atoms with E-state index in [-0.39, 0.29) is 36.5 Å². The second kappa shape index (κ2) is 8.10. The van der Waals surface area contributed by atoms with Gasteiger partial charge in [0.15, 0.2) is 0 Å². The zero-order chi connectivity index (χ0) is 17.0. The van der Waals surface area contributed by atoms with Crippen LogP contribution in [0, 0.1) is 11.3 Å². The van der Waals surface area contributed by atoms with Gasteiger partial charge in [-0.15, -0.1) is 0 Å². The quantitative estimate of drug-likeness (QED) is 0.591. The normalized spacial score (nSPS) is 23.2. The molecule has 0 aromatic heterocycles. The van der Waals surface area contributed by atoms with Crippen molar-refractivity contribution in [2.45, 2.75) is 74.7 Å². The van der Waals surface area contributed by atoms with Gasteiger partial charge in [0.25, 0.3) is 0 Å². The molecule has 2 saturated carbocycles. The van der Waals surface area contributed by atoms with Crippen LogP contribution in [0.15, 0.2) is 0 Å². The Kier molecular flexibility index (Phi) is 6.10. The maximum atomic E-state index is 13.2. The Bertz CT molecular complexity index is 525. The van der Waals surface area contributed by atoms with Gasteiger partial charge in [-0.2, -0.15) is 0 Å². The van der Waals surface area contributed by atoms with E-state index >= 15 is 0 Å². The van der Waals surface area contributed by atoms with Crippen LogP contribution in [0.2, 0.25) is 0 Å². The van der Waals surface area contributed by atoms with Crippen molar-refractivity contribution in [2.75, 3.05) is 6.61 Å². The van der Waals surface area contributed by atoms with Crippen LogP contribution >= 0.6 is 0 Å². The third kappa shape index (κ3) is 3.60. The molecule has 1 aliphatic heterocycles. The van der Waals surface area contributed by atoms with E-state index in [2.05, 4.69) is 0 Å². The van der Waals surface area contributed by atoms with Gasteiger partial charge in [0.05, 0.1) is 0 Å². The number of ether oxygens (including phenoxy) is 1. The molecule has 6 nitrogen and oxygen atoms in total. The van der Waals surface area contributed by atoms with Crippen LogP contribution in [-0.4, -0.2) is 64.5 Å². The molecular weight excluding hydrogens is 440 g/mol. The molecule has 3 aliphatic rings. The zero-order valence-electron chi connectivity index (χ0n) is 13.7. The number of nitriles is 1. The first-order valence-corrected chi connectivity index (χ1v) is 14.7. The molecule has 0 N–H and O–H groups in total. The van der Waals surface area contributed by atoms with E-state index in [1.807, 2.05) is 9.99 Å². The molecule has 0 bridgehead atoms. The van der Waals surface area contributed by atoms with Crippen molar-refractivity contribution in [3.05, 3.63) is 0 Å². The van der Waals surface area contributed by atoms with Crippen LogP contribution in [0.3, 0.4) is 0 Å². The minimum absolute atomic E-state index is 0.0603. The number of hydrogen-bond acceptors (Lipinski definition) is 4. The molecule has 132 valence electrons. The van der Waals surface area contributed by atoms with E-state index in [1.165, 1.54) is 24.2 Å². The Labute approximate surface area is 154 Å². The standard InChI is InChI=1S/C16H23N3O3Se2/c17-11-12-22-15(21)18(13-7-3-1-4-8-13)14(20)19-16(23-24-19)9-5-2-6-10-16/h13H,1-10,12H2. The third-order valence-electron chi connectivity index (χ3n) is 5.05. The molecule has 3 rings (SSSR count). The van der Waals surface area contributed by atoms with Gasteiger partial charge in [0, 0.05) is 0 Å². The van der Waals surface area contributed by atoms with E-state index in [1.54, 1.807) is 0 Å². The molecule has 0 atom stereocenters. The summed E-state index contributed by atoms with van der Waals surface area (Å²) in [6, 6.07) is 1.60. The maximum absolute atomic E-state index is 13.2. The second-order valence-corrected chi connectivity index (χ2v) is 13.1. The van der Waals surface area contributed by atoms with Gasteiger partial charge in [0.1, 0.15) is 0 Å². The molecule has 2 aliphatic carbocycles. The number of urea groups is 1. The predicted octanol–water partition coefficient (Wildman–Crippen LogP) is 2.62. The topological polar surface area (TPSA) is 73.6 Å². The molecule has 3 fully saturated rings. The molecule has 1 saturated heterocycles. The van der Waals surface area contributed by atoms with E-state index in [4.69, 9.17) is 10.00 Å². The van der Waals surface area contributed by atoms with Gasteiger partial charge in [-0.1, -0.05) is 0 Å². The van der Waals surface area contributed by atoms with Crippen LogP contribution in [0.25, 0.3) is 0 Å².